The highest BCUT2D eigenvalue weighted by Crippen LogP contribution is 2.17. The van der Waals surface area contributed by atoms with Gasteiger partial charge in [0.05, 0.1) is 6.21 Å². The number of hydrogen-bond donors (Lipinski definition) is 1. The normalized spacial score (nSPS) is 10.8. The summed E-state index contributed by atoms with van der Waals surface area (Å²) in [6, 6.07) is 9.27. The van der Waals surface area contributed by atoms with E-state index in [-0.39, 0.29) is 12.5 Å². The predicted octanol–water partition coefficient (Wildman–Crippen LogP) is 3.19. The van der Waals surface area contributed by atoms with Gasteiger partial charge in [-0.15, -0.1) is 0 Å². The fraction of sp³-hybridized carbons (Fsp3) is 0.250. The van der Waals surface area contributed by atoms with Gasteiger partial charge in [0.2, 0.25) is 5.88 Å². The Kier molecular flexibility index (Phi) is 7.20. The third-order valence-electron chi connectivity index (χ3n) is 2.69. The van der Waals surface area contributed by atoms with Crippen molar-refractivity contribution in [3.8, 4) is 5.88 Å². The van der Waals surface area contributed by atoms with Crippen LogP contribution in [0.25, 0.3) is 0 Å². The first kappa shape index (κ1) is 18.4. The number of aromatic nitrogens is 2. The number of amides is 1. The number of carbonyl (C=O) groups is 1. The molecule has 8 heteroatoms. The minimum Gasteiger partial charge on any atom is -0.467 e. The molecule has 0 atom stereocenters. The molecule has 0 bridgehead atoms. The van der Waals surface area contributed by atoms with E-state index in [1.54, 1.807) is 12.3 Å². The summed E-state index contributed by atoms with van der Waals surface area (Å²) >= 11 is 4.89. The van der Waals surface area contributed by atoms with Gasteiger partial charge in [-0.25, -0.2) is 10.4 Å². The lowest BCUT2D eigenvalue weighted by atomic mass is 10.2. The Balaban J connectivity index is 1.85. The largest absolute Gasteiger partial charge is 0.467 e. The Bertz CT molecular complexity index is 740. The van der Waals surface area contributed by atoms with E-state index in [1.807, 2.05) is 38.1 Å². The lowest BCUT2D eigenvalue weighted by Gasteiger charge is -2.06. The fourth-order valence-electron chi connectivity index (χ4n) is 1.72. The van der Waals surface area contributed by atoms with Crippen molar-refractivity contribution < 1.29 is 9.53 Å². The molecule has 0 fully saturated rings. The van der Waals surface area contributed by atoms with E-state index in [4.69, 9.17) is 4.74 Å². The standard InChI is InChI=1S/C16H17BrN4O2S/c1-3-24-16-19-11(2)7-15(20-16)23-10-14(22)21-18-9-12-5-4-6-13(17)8-12/h4-9H,3,10H2,1-2H3,(H,21,22). The van der Waals surface area contributed by atoms with Crippen LogP contribution in [0.15, 0.2) is 45.1 Å². The van der Waals surface area contributed by atoms with Gasteiger partial charge in [-0.1, -0.05) is 46.7 Å². The molecule has 0 saturated carbocycles. The molecule has 126 valence electrons. The molecule has 0 spiro atoms. The zero-order valence-electron chi connectivity index (χ0n) is 13.3. The van der Waals surface area contributed by atoms with Gasteiger partial charge in [0.1, 0.15) is 0 Å². The summed E-state index contributed by atoms with van der Waals surface area (Å²) in [6.07, 6.45) is 1.56. The van der Waals surface area contributed by atoms with E-state index in [9.17, 15) is 4.79 Å². The van der Waals surface area contributed by atoms with Gasteiger partial charge in [-0.05, 0) is 30.4 Å². The second-order valence-corrected chi connectivity index (χ2v) is 6.85. The SMILES string of the molecule is CCSc1nc(C)cc(OCC(=O)NN=Cc2cccc(Br)c2)n1. The van der Waals surface area contributed by atoms with Gasteiger partial charge in [0.25, 0.3) is 5.91 Å². The summed E-state index contributed by atoms with van der Waals surface area (Å²) < 4.78 is 6.34. The molecule has 0 radical (unpaired) electrons. The van der Waals surface area contributed by atoms with E-state index in [2.05, 4.69) is 36.4 Å². The molecular weight excluding hydrogens is 392 g/mol. The monoisotopic (exact) mass is 408 g/mol. The number of nitrogens with zero attached hydrogens (tertiary/aromatic N) is 3. The van der Waals surface area contributed by atoms with Crippen LogP contribution in [0.5, 0.6) is 5.88 Å². The molecule has 1 amide bonds. The van der Waals surface area contributed by atoms with Crippen molar-refractivity contribution >= 4 is 39.8 Å². The number of hydrazone groups is 1. The molecule has 0 saturated heterocycles. The summed E-state index contributed by atoms with van der Waals surface area (Å²) in [6.45, 7) is 3.72. The smallest absolute Gasteiger partial charge is 0.278 e. The summed E-state index contributed by atoms with van der Waals surface area (Å²) in [5.41, 5.74) is 4.09. The quantitative estimate of drug-likeness (QED) is 0.329. The topological polar surface area (TPSA) is 76.5 Å². The Morgan fingerprint density at radius 3 is 3.00 bits per heavy atom. The first-order valence-electron chi connectivity index (χ1n) is 7.25. The number of rotatable bonds is 7. The third-order valence-corrected chi connectivity index (χ3v) is 3.91. The van der Waals surface area contributed by atoms with E-state index < -0.39 is 0 Å². The van der Waals surface area contributed by atoms with Crippen molar-refractivity contribution in [1.29, 1.82) is 0 Å². The lowest BCUT2D eigenvalue weighted by molar-refractivity contribution is -0.123. The number of ether oxygens (including phenoxy) is 1. The molecule has 1 aromatic carbocycles. The van der Waals surface area contributed by atoms with E-state index >= 15 is 0 Å². The number of benzene rings is 1. The van der Waals surface area contributed by atoms with Crippen molar-refractivity contribution in [3.63, 3.8) is 0 Å². The molecule has 24 heavy (non-hydrogen) atoms. The first-order chi connectivity index (χ1) is 11.6. The average molecular weight is 409 g/mol. The Hall–Kier alpha value is -1.93. The van der Waals surface area contributed by atoms with Crippen LogP contribution in [-0.4, -0.2) is 34.4 Å². The number of halogens is 1. The van der Waals surface area contributed by atoms with Gasteiger partial charge >= 0.3 is 0 Å². The molecule has 6 nitrogen and oxygen atoms in total. The molecule has 1 N–H and O–H groups in total. The van der Waals surface area contributed by atoms with Crippen molar-refractivity contribution in [2.75, 3.05) is 12.4 Å². The Labute approximate surface area is 153 Å². The highest BCUT2D eigenvalue weighted by molar-refractivity contribution is 9.10. The Morgan fingerprint density at radius 2 is 2.25 bits per heavy atom. The fourth-order valence-corrected chi connectivity index (χ4v) is 2.76. The maximum Gasteiger partial charge on any atom is 0.278 e. The van der Waals surface area contributed by atoms with E-state index in [0.29, 0.717) is 11.0 Å². The van der Waals surface area contributed by atoms with Crippen LogP contribution in [0.4, 0.5) is 0 Å². The van der Waals surface area contributed by atoms with Gasteiger partial charge in [0.15, 0.2) is 11.8 Å². The minimum atomic E-state index is -0.359. The van der Waals surface area contributed by atoms with Crippen LogP contribution >= 0.6 is 27.7 Å². The third kappa shape index (κ3) is 6.29. The van der Waals surface area contributed by atoms with Crippen LogP contribution in [-0.2, 0) is 4.79 Å². The number of nitrogens with one attached hydrogen (secondary N) is 1. The molecule has 0 unspecified atom stereocenters. The van der Waals surface area contributed by atoms with Gasteiger partial charge in [0, 0.05) is 16.2 Å². The minimum absolute atomic E-state index is 0.164. The molecule has 1 aromatic heterocycles. The van der Waals surface area contributed by atoms with Crippen molar-refractivity contribution in [2.45, 2.75) is 19.0 Å². The summed E-state index contributed by atoms with van der Waals surface area (Å²) in [5.74, 6) is 0.889. The maximum atomic E-state index is 11.8. The highest BCUT2D eigenvalue weighted by atomic mass is 79.9. The summed E-state index contributed by atoms with van der Waals surface area (Å²) in [7, 11) is 0. The highest BCUT2D eigenvalue weighted by Gasteiger charge is 2.06. The van der Waals surface area contributed by atoms with Crippen molar-refractivity contribution in [1.82, 2.24) is 15.4 Å². The van der Waals surface area contributed by atoms with Crippen LogP contribution in [0.2, 0.25) is 0 Å². The summed E-state index contributed by atoms with van der Waals surface area (Å²) in [4.78, 5) is 20.3. The molecule has 2 aromatic rings. The zero-order valence-corrected chi connectivity index (χ0v) is 15.7. The number of thioether (sulfide) groups is 1. The van der Waals surface area contributed by atoms with E-state index in [0.717, 1.165) is 21.5 Å². The second kappa shape index (κ2) is 9.39. The van der Waals surface area contributed by atoms with Crippen molar-refractivity contribution in [2.24, 2.45) is 5.10 Å². The predicted molar refractivity (Wildman–Crippen MR) is 98.5 cm³/mol. The first-order valence-corrected chi connectivity index (χ1v) is 9.03. The molecule has 0 aliphatic rings. The molecule has 2 rings (SSSR count). The van der Waals surface area contributed by atoms with Crippen molar-refractivity contribution in [3.05, 3.63) is 46.1 Å². The van der Waals surface area contributed by atoms with Crippen LogP contribution in [0.1, 0.15) is 18.2 Å². The number of aryl methyl sites for hydroxylation is 1. The number of carbonyl (C=O) groups excluding carboxylic acids is 1. The second-order valence-electron chi connectivity index (χ2n) is 4.70. The van der Waals surface area contributed by atoms with Crippen LogP contribution in [0.3, 0.4) is 0 Å². The lowest BCUT2D eigenvalue weighted by Crippen LogP contribution is -2.24. The summed E-state index contributed by atoms with van der Waals surface area (Å²) in [5, 5.41) is 4.54. The molecule has 0 aliphatic heterocycles. The number of hydrogen-bond acceptors (Lipinski definition) is 6. The van der Waals surface area contributed by atoms with Gasteiger partial charge < -0.3 is 4.74 Å². The molecule has 0 aliphatic carbocycles. The maximum absolute atomic E-state index is 11.8. The average Bonchev–Trinajstić information content (AvgIpc) is 2.53. The van der Waals surface area contributed by atoms with Gasteiger partial charge in [-0.3, -0.25) is 4.79 Å². The zero-order chi connectivity index (χ0) is 17.4. The Morgan fingerprint density at radius 1 is 1.42 bits per heavy atom. The van der Waals surface area contributed by atoms with Crippen LogP contribution in [0, 0.1) is 6.92 Å². The van der Waals surface area contributed by atoms with Crippen LogP contribution < -0.4 is 10.2 Å². The molecular formula is C16H17BrN4O2S. The molecule has 1 heterocycles. The van der Waals surface area contributed by atoms with E-state index in [1.165, 1.54) is 11.8 Å². The van der Waals surface area contributed by atoms with Gasteiger partial charge in [-0.2, -0.15) is 10.1 Å².